The number of aliphatic imine (C=N–C) groups is 1. The van der Waals surface area contributed by atoms with Crippen molar-refractivity contribution in [3.8, 4) is 11.8 Å². The van der Waals surface area contributed by atoms with Gasteiger partial charge in [-0.05, 0) is 17.9 Å². The largest absolute Gasteiger partial charge is 0.437 e. The van der Waals surface area contributed by atoms with Crippen LogP contribution in [0.4, 0.5) is 0 Å². The van der Waals surface area contributed by atoms with E-state index in [9.17, 15) is 5.26 Å². The molecule has 0 aromatic heterocycles. The molecular weight excluding hydrogens is 346 g/mol. The van der Waals surface area contributed by atoms with Gasteiger partial charge in [-0.1, -0.05) is 66.2 Å². The van der Waals surface area contributed by atoms with Crippen molar-refractivity contribution in [3.63, 3.8) is 0 Å². The SMILES string of the molecule is Cc1ccc([C@@H]2C(C#N)=C(N=CN(C)C)Oc3c2ccc2ccccc32)cc1. The maximum Gasteiger partial charge on any atom is 0.235 e. The molecule has 0 aliphatic carbocycles. The molecule has 0 spiro atoms. The highest BCUT2D eigenvalue weighted by Gasteiger charge is 2.32. The van der Waals surface area contributed by atoms with Crippen molar-refractivity contribution in [2.75, 3.05) is 14.1 Å². The molecule has 4 rings (SSSR count). The number of hydrogen-bond acceptors (Lipinski definition) is 3. The first-order valence-electron chi connectivity index (χ1n) is 9.19. The number of fused-ring (bicyclic) bond motifs is 3. The number of nitrogens with zero attached hydrogens (tertiary/aromatic N) is 3. The van der Waals surface area contributed by atoms with Gasteiger partial charge in [-0.3, -0.25) is 0 Å². The van der Waals surface area contributed by atoms with Crippen molar-refractivity contribution in [2.45, 2.75) is 12.8 Å². The Morgan fingerprint density at radius 1 is 1.04 bits per heavy atom. The number of ether oxygens (including phenoxy) is 1. The fourth-order valence-corrected chi connectivity index (χ4v) is 3.51. The van der Waals surface area contributed by atoms with Gasteiger partial charge >= 0.3 is 0 Å². The van der Waals surface area contributed by atoms with Crippen LogP contribution in [0.5, 0.6) is 5.75 Å². The Kier molecular flexibility index (Phi) is 4.58. The molecule has 1 heterocycles. The summed E-state index contributed by atoms with van der Waals surface area (Å²) in [4.78, 5) is 6.29. The Balaban J connectivity index is 1.99. The number of nitriles is 1. The summed E-state index contributed by atoms with van der Waals surface area (Å²) in [6.07, 6.45) is 1.66. The van der Waals surface area contributed by atoms with E-state index in [2.05, 4.69) is 60.4 Å². The average molecular weight is 367 g/mol. The van der Waals surface area contributed by atoms with Gasteiger partial charge in [0.1, 0.15) is 17.4 Å². The second-order valence-corrected chi connectivity index (χ2v) is 7.19. The number of aryl methyl sites for hydroxylation is 1. The smallest absolute Gasteiger partial charge is 0.235 e. The van der Waals surface area contributed by atoms with Crippen LogP contribution in [0.1, 0.15) is 22.6 Å². The van der Waals surface area contributed by atoms with Gasteiger partial charge in [0.15, 0.2) is 0 Å². The maximum absolute atomic E-state index is 9.98. The van der Waals surface area contributed by atoms with E-state index in [1.54, 1.807) is 6.34 Å². The van der Waals surface area contributed by atoms with Crippen LogP contribution in [0.25, 0.3) is 10.8 Å². The number of allylic oxidation sites excluding steroid dienone is 1. The van der Waals surface area contributed by atoms with Gasteiger partial charge in [-0.15, -0.1) is 0 Å². The lowest BCUT2D eigenvalue weighted by atomic mass is 9.82. The molecule has 4 heteroatoms. The predicted octanol–water partition coefficient (Wildman–Crippen LogP) is 5.00. The fraction of sp³-hybridized carbons (Fsp3) is 0.167. The van der Waals surface area contributed by atoms with Gasteiger partial charge in [0.05, 0.1) is 12.3 Å². The number of rotatable bonds is 3. The van der Waals surface area contributed by atoms with Crippen LogP contribution in [0.15, 0.2) is 77.1 Å². The quantitative estimate of drug-likeness (QED) is 0.484. The second kappa shape index (κ2) is 7.21. The highest BCUT2D eigenvalue weighted by molar-refractivity contribution is 5.91. The zero-order valence-electron chi connectivity index (χ0n) is 16.2. The first kappa shape index (κ1) is 17.8. The lowest BCUT2D eigenvalue weighted by Crippen LogP contribution is -2.17. The van der Waals surface area contributed by atoms with E-state index in [0.717, 1.165) is 27.6 Å². The van der Waals surface area contributed by atoms with Gasteiger partial charge in [-0.25, -0.2) is 4.99 Å². The molecule has 28 heavy (non-hydrogen) atoms. The monoisotopic (exact) mass is 367 g/mol. The maximum atomic E-state index is 9.98. The molecule has 0 radical (unpaired) electrons. The van der Waals surface area contributed by atoms with Crippen molar-refractivity contribution in [1.82, 2.24) is 4.90 Å². The van der Waals surface area contributed by atoms with Gasteiger partial charge in [0.2, 0.25) is 5.88 Å². The normalized spacial score (nSPS) is 16.0. The molecule has 0 fully saturated rings. The summed E-state index contributed by atoms with van der Waals surface area (Å²) < 4.78 is 6.21. The predicted molar refractivity (Wildman–Crippen MR) is 112 cm³/mol. The van der Waals surface area contributed by atoms with Gasteiger partial charge in [0.25, 0.3) is 0 Å². The third-order valence-corrected chi connectivity index (χ3v) is 4.88. The lowest BCUT2D eigenvalue weighted by Gasteiger charge is -2.27. The van der Waals surface area contributed by atoms with Crippen molar-refractivity contribution in [3.05, 3.63) is 88.8 Å². The summed E-state index contributed by atoms with van der Waals surface area (Å²) in [5.74, 6) is 0.910. The molecule has 0 unspecified atom stereocenters. The van der Waals surface area contributed by atoms with Crippen molar-refractivity contribution in [1.29, 1.82) is 5.26 Å². The van der Waals surface area contributed by atoms with E-state index in [1.807, 2.05) is 37.2 Å². The Bertz CT molecular complexity index is 1130. The van der Waals surface area contributed by atoms with E-state index in [0.29, 0.717) is 11.5 Å². The summed E-state index contributed by atoms with van der Waals surface area (Å²) in [6, 6.07) is 22.9. The van der Waals surface area contributed by atoms with Crippen LogP contribution in [0, 0.1) is 18.3 Å². The zero-order chi connectivity index (χ0) is 19.7. The van der Waals surface area contributed by atoms with E-state index < -0.39 is 0 Å². The standard InChI is InChI=1S/C24H21N3O/c1-16-8-10-18(11-9-16)22-20-13-12-17-6-4-5-7-19(17)23(20)28-24(21(22)14-25)26-15-27(2)3/h4-13,15,22H,1-3H3/t22-/m0/s1. The van der Waals surface area contributed by atoms with E-state index >= 15 is 0 Å². The summed E-state index contributed by atoms with van der Waals surface area (Å²) in [5, 5.41) is 12.1. The summed E-state index contributed by atoms with van der Waals surface area (Å²) in [7, 11) is 3.78. The minimum atomic E-state index is -0.215. The topological polar surface area (TPSA) is 48.6 Å². The molecule has 1 aliphatic heterocycles. The van der Waals surface area contributed by atoms with Crippen molar-refractivity contribution >= 4 is 17.1 Å². The Hall–Kier alpha value is -3.58. The Labute approximate surface area is 165 Å². The highest BCUT2D eigenvalue weighted by Crippen LogP contribution is 2.46. The van der Waals surface area contributed by atoms with E-state index in [-0.39, 0.29) is 5.92 Å². The molecular formula is C24H21N3O. The van der Waals surface area contributed by atoms with Crippen LogP contribution in [-0.2, 0) is 0 Å². The third-order valence-electron chi connectivity index (χ3n) is 4.88. The van der Waals surface area contributed by atoms with Gasteiger partial charge in [0, 0.05) is 25.0 Å². The molecule has 0 N–H and O–H groups in total. The van der Waals surface area contributed by atoms with Crippen LogP contribution in [-0.4, -0.2) is 25.3 Å². The van der Waals surface area contributed by atoms with Crippen molar-refractivity contribution in [2.24, 2.45) is 4.99 Å². The second-order valence-electron chi connectivity index (χ2n) is 7.19. The summed E-state index contributed by atoms with van der Waals surface area (Å²) in [6.45, 7) is 2.06. The molecule has 0 amide bonds. The summed E-state index contributed by atoms with van der Waals surface area (Å²) in [5.41, 5.74) is 3.75. The summed E-state index contributed by atoms with van der Waals surface area (Å²) >= 11 is 0. The fourth-order valence-electron chi connectivity index (χ4n) is 3.51. The molecule has 0 saturated carbocycles. The third kappa shape index (κ3) is 3.12. The molecule has 1 atom stereocenters. The molecule has 0 saturated heterocycles. The molecule has 3 aromatic carbocycles. The highest BCUT2D eigenvalue weighted by atomic mass is 16.5. The molecule has 138 valence electrons. The molecule has 0 bridgehead atoms. The van der Waals surface area contributed by atoms with E-state index in [4.69, 9.17) is 4.74 Å². The van der Waals surface area contributed by atoms with Crippen LogP contribution < -0.4 is 4.74 Å². The zero-order valence-corrected chi connectivity index (χ0v) is 16.2. The Morgan fingerprint density at radius 2 is 1.79 bits per heavy atom. The van der Waals surface area contributed by atoms with E-state index in [1.165, 1.54) is 5.56 Å². The first-order valence-corrected chi connectivity index (χ1v) is 9.19. The first-order chi connectivity index (χ1) is 13.6. The minimum absolute atomic E-state index is 0.215. The Morgan fingerprint density at radius 3 is 2.50 bits per heavy atom. The van der Waals surface area contributed by atoms with Crippen LogP contribution in [0.2, 0.25) is 0 Å². The molecule has 4 nitrogen and oxygen atoms in total. The minimum Gasteiger partial charge on any atom is -0.437 e. The average Bonchev–Trinajstić information content (AvgIpc) is 2.71. The van der Waals surface area contributed by atoms with Gasteiger partial charge in [-0.2, -0.15) is 5.26 Å². The molecule has 1 aliphatic rings. The van der Waals surface area contributed by atoms with Crippen LogP contribution in [0.3, 0.4) is 0 Å². The van der Waals surface area contributed by atoms with Crippen molar-refractivity contribution < 1.29 is 4.74 Å². The number of hydrogen-bond donors (Lipinski definition) is 0. The van der Waals surface area contributed by atoms with Gasteiger partial charge < -0.3 is 9.64 Å². The number of benzene rings is 3. The lowest BCUT2D eigenvalue weighted by molar-refractivity contribution is 0.398. The molecule has 3 aromatic rings. The van der Waals surface area contributed by atoms with Crippen LogP contribution >= 0.6 is 0 Å².